The van der Waals surface area contributed by atoms with Crippen molar-refractivity contribution in [3.8, 4) is 0 Å². The molecule has 0 aliphatic rings. The van der Waals surface area contributed by atoms with Gasteiger partial charge in [-0.25, -0.2) is 18.5 Å². The van der Waals surface area contributed by atoms with Crippen molar-refractivity contribution in [2.24, 2.45) is 5.14 Å². The Balaban J connectivity index is 2.26. The van der Waals surface area contributed by atoms with Crippen LogP contribution in [0.4, 0.5) is 0 Å². The number of aryl methyl sites for hydroxylation is 1. The number of rotatable bonds is 3. The van der Waals surface area contributed by atoms with Gasteiger partial charge in [0, 0.05) is 12.7 Å². The second-order valence-electron chi connectivity index (χ2n) is 3.86. The molecule has 2 rings (SSSR count). The average molecular weight is 251 g/mol. The van der Waals surface area contributed by atoms with Crippen molar-refractivity contribution in [3.63, 3.8) is 0 Å². The van der Waals surface area contributed by atoms with Crippen molar-refractivity contribution in [3.05, 3.63) is 47.9 Å². The SMILES string of the molecule is Cc1ccccc1Cn1cnc(S(N)(=O)=O)c1. The molecule has 0 amide bonds. The molecular weight excluding hydrogens is 238 g/mol. The largest absolute Gasteiger partial charge is 0.332 e. The van der Waals surface area contributed by atoms with E-state index in [1.54, 1.807) is 4.57 Å². The van der Waals surface area contributed by atoms with Crippen molar-refractivity contribution in [2.45, 2.75) is 18.5 Å². The van der Waals surface area contributed by atoms with Gasteiger partial charge in [-0.15, -0.1) is 0 Å². The highest BCUT2D eigenvalue weighted by molar-refractivity contribution is 7.89. The van der Waals surface area contributed by atoms with E-state index in [4.69, 9.17) is 5.14 Å². The molecule has 1 aromatic carbocycles. The minimum Gasteiger partial charge on any atom is -0.332 e. The number of aromatic nitrogens is 2. The van der Waals surface area contributed by atoms with Crippen LogP contribution in [0.25, 0.3) is 0 Å². The lowest BCUT2D eigenvalue weighted by Crippen LogP contribution is -2.12. The number of imidazole rings is 1. The smallest absolute Gasteiger partial charge is 0.257 e. The molecule has 0 fully saturated rings. The molecule has 0 radical (unpaired) electrons. The zero-order valence-electron chi connectivity index (χ0n) is 9.37. The Morgan fingerprint density at radius 1 is 1.35 bits per heavy atom. The molecule has 0 saturated heterocycles. The van der Waals surface area contributed by atoms with Crippen LogP contribution in [0.1, 0.15) is 11.1 Å². The van der Waals surface area contributed by atoms with Crippen molar-refractivity contribution >= 4 is 10.0 Å². The van der Waals surface area contributed by atoms with Crippen LogP contribution >= 0.6 is 0 Å². The molecule has 2 aromatic rings. The van der Waals surface area contributed by atoms with Gasteiger partial charge in [0.15, 0.2) is 5.03 Å². The fourth-order valence-electron chi connectivity index (χ4n) is 1.56. The third-order valence-electron chi connectivity index (χ3n) is 2.52. The summed E-state index contributed by atoms with van der Waals surface area (Å²) in [6, 6.07) is 7.90. The van der Waals surface area contributed by atoms with Crippen LogP contribution in [0.15, 0.2) is 41.8 Å². The summed E-state index contributed by atoms with van der Waals surface area (Å²) in [5, 5.41) is 4.88. The molecule has 0 saturated carbocycles. The van der Waals surface area contributed by atoms with Gasteiger partial charge in [-0.3, -0.25) is 0 Å². The molecule has 0 aliphatic heterocycles. The van der Waals surface area contributed by atoms with Gasteiger partial charge in [0.05, 0.1) is 6.33 Å². The number of benzene rings is 1. The first-order valence-corrected chi connectivity index (χ1v) is 6.60. The molecular formula is C11H13N3O2S. The molecule has 6 heteroatoms. The fourth-order valence-corrected chi connectivity index (χ4v) is 2.03. The predicted octanol–water partition coefficient (Wildman–Crippen LogP) is 0.887. The lowest BCUT2D eigenvalue weighted by Gasteiger charge is -2.05. The minimum atomic E-state index is -3.72. The third kappa shape index (κ3) is 2.72. The lowest BCUT2D eigenvalue weighted by molar-refractivity contribution is 0.594. The topological polar surface area (TPSA) is 78.0 Å². The fraction of sp³-hybridized carbons (Fsp3) is 0.182. The Labute approximate surface area is 100.0 Å². The predicted molar refractivity (Wildman–Crippen MR) is 63.9 cm³/mol. The molecule has 5 nitrogen and oxygen atoms in total. The minimum absolute atomic E-state index is 0.105. The van der Waals surface area contributed by atoms with Crippen molar-refractivity contribution in [1.29, 1.82) is 0 Å². The molecule has 2 N–H and O–H groups in total. The third-order valence-corrected chi connectivity index (χ3v) is 3.31. The zero-order valence-corrected chi connectivity index (χ0v) is 10.2. The molecule has 0 bridgehead atoms. The summed E-state index contributed by atoms with van der Waals surface area (Å²) in [7, 11) is -3.72. The van der Waals surface area contributed by atoms with E-state index in [0.717, 1.165) is 11.1 Å². The van der Waals surface area contributed by atoms with Gasteiger partial charge in [-0.2, -0.15) is 0 Å². The Morgan fingerprint density at radius 2 is 2.06 bits per heavy atom. The molecule has 90 valence electrons. The standard InChI is InChI=1S/C11H13N3O2S/c1-9-4-2-3-5-10(9)6-14-7-11(13-8-14)17(12,15)16/h2-5,7-8H,6H2,1H3,(H2,12,15,16). The highest BCUT2D eigenvalue weighted by atomic mass is 32.2. The summed E-state index contributed by atoms with van der Waals surface area (Å²) >= 11 is 0. The van der Waals surface area contributed by atoms with Crippen LogP contribution in [0.3, 0.4) is 0 Å². The van der Waals surface area contributed by atoms with Crippen molar-refractivity contribution in [2.75, 3.05) is 0 Å². The number of primary sulfonamides is 1. The van der Waals surface area contributed by atoms with E-state index in [9.17, 15) is 8.42 Å². The molecule has 0 atom stereocenters. The maximum atomic E-state index is 11.1. The van der Waals surface area contributed by atoms with E-state index in [0.29, 0.717) is 6.54 Å². The maximum absolute atomic E-state index is 11.1. The summed E-state index contributed by atoms with van der Waals surface area (Å²) < 4.78 is 23.8. The summed E-state index contributed by atoms with van der Waals surface area (Å²) in [6.45, 7) is 2.59. The van der Waals surface area contributed by atoms with Crippen LogP contribution in [0.2, 0.25) is 0 Å². The Morgan fingerprint density at radius 3 is 2.65 bits per heavy atom. The second kappa shape index (κ2) is 4.31. The lowest BCUT2D eigenvalue weighted by atomic mass is 10.1. The summed E-state index contributed by atoms with van der Waals surface area (Å²) in [6.07, 6.45) is 2.90. The van der Waals surface area contributed by atoms with Gasteiger partial charge >= 0.3 is 0 Å². The first-order chi connectivity index (χ1) is 7.97. The molecule has 0 spiro atoms. The highest BCUT2D eigenvalue weighted by Gasteiger charge is 2.11. The average Bonchev–Trinajstić information content (AvgIpc) is 2.69. The monoisotopic (exact) mass is 251 g/mol. The van der Waals surface area contributed by atoms with Crippen molar-refractivity contribution in [1.82, 2.24) is 9.55 Å². The van der Waals surface area contributed by atoms with Gasteiger partial charge in [0.1, 0.15) is 0 Å². The van der Waals surface area contributed by atoms with Gasteiger partial charge in [-0.1, -0.05) is 24.3 Å². The molecule has 17 heavy (non-hydrogen) atoms. The second-order valence-corrected chi connectivity index (χ2v) is 5.36. The van der Waals surface area contributed by atoms with E-state index < -0.39 is 10.0 Å². The Hall–Kier alpha value is -1.66. The van der Waals surface area contributed by atoms with Crippen LogP contribution < -0.4 is 5.14 Å². The van der Waals surface area contributed by atoms with E-state index in [2.05, 4.69) is 4.98 Å². The highest BCUT2D eigenvalue weighted by Crippen LogP contribution is 2.10. The van der Waals surface area contributed by atoms with Crippen molar-refractivity contribution < 1.29 is 8.42 Å². The van der Waals surface area contributed by atoms with Crippen LogP contribution in [-0.4, -0.2) is 18.0 Å². The molecule has 0 aliphatic carbocycles. The number of nitrogens with two attached hydrogens (primary N) is 1. The molecule has 1 heterocycles. The number of sulfonamides is 1. The molecule has 1 aromatic heterocycles. The Bertz CT molecular complexity index is 632. The van der Waals surface area contributed by atoms with Crippen LogP contribution in [-0.2, 0) is 16.6 Å². The molecule has 0 unspecified atom stereocenters. The quantitative estimate of drug-likeness (QED) is 0.879. The van der Waals surface area contributed by atoms with Gasteiger partial charge < -0.3 is 4.57 Å². The maximum Gasteiger partial charge on any atom is 0.257 e. The van der Waals surface area contributed by atoms with Gasteiger partial charge in [-0.05, 0) is 18.1 Å². The van der Waals surface area contributed by atoms with E-state index in [1.807, 2.05) is 31.2 Å². The normalized spacial score (nSPS) is 11.6. The van der Waals surface area contributed by atoms with E-state index in [1.165, 1.54) is 12.5 Å². The van der Waals surface area contributed by atoms with E-state index in [-0.39, 0.29) is 5.03 Å². The Kier molecular flexibility index (Phi) is 2.99. The van der Waals surface area contributed by atoms with Crippen LogP contribution in [0, 0.1) is 6.92 Å². The van der Waals surface area contributed by atoms with Gasteiger partial charge in [0.25, 0.3) is 10.0 Å². The van der Waals surface area contributed by atoms with Gasteiger partial charge in [0.2, 0.25) is 0 Å². The first-order valence-electron chi connectivity index (χ1n) is 5.06. The van der Waals surface area contributed by atoms with E-state index >= 15 is 0 Å². The number of nitrogens with zero attached hydrogens (tertiary/aromatic N) is 2. The number of hydrogen-bond donors (Lipinski definition) is 1. The van der Waals surface area contributed by atoms with Crippen LogP contribution in [0.5, 0.6) is 0 Å². The zero-order chi connectivity index (χ0) is 12.5. The summed E-state index contributed by atoms with van der Waals surface area (Å²) in [5.74, 6) is 0. The first kappa shape index (κ1) is 11.8. The summed E-state index contributed by atoms with van der Waals surface area (Å²) in [4.78, 5) is 3.76. The summed E-state index contributed by atoms with van der Waals surface area (Å²) in [5.41, 5.74) is 2.27. The number of hydrogen-bond acceptors (Lipinski definition) is 3.